The number of halogens is 2. The summed E-state index contributed by atoms with van der Waals surface area (Å²) in [5.41, 5.74) is 2.63. The van der Waals surface area contributed by atoms with Crippen molar-refractivity contribution in [1.29, 1.82) is 0 Å². The molecule has 86 valence electrons. The van der Waals surface area contributed by atoms with Crippen molar-refractivity contribution in [1.82, 2.24) is 10.6 Å². The Bertz CT molecular complexity index is 425. The number of hydrogen-bond donors (Lipinski definition) is 2. The van der Waals surface area contributed by atoms with Crippen molar-refractivity contribution in [3.8, 4) is 0 Å². The molecule has 2 aliphatic rings. The number of fused-ring (bicyclic) bond motifs is 2. The largest absolute Gasteiger partial charge is 0.317 e. The third-order valence-electron chi connectivity index (χ3n) is 3.69. The fourth-order valence-electron chi connectivity index (χ4n) is 2.94. The maximum atomic E-state index is 6.35. The van der Waals surface area contributed by atoms with E-state index < -0.39 is 0 Å². The molecule has 0 bridgehead atoms. The molecule has 0 radical (unpaired) electrons. The zero-order chi connectivity index (χ0) is 11.2. The van der Waals surface area contributed by atoms with E-state index in [-0.39, 0.29) is 5.54 Å². The van der Waals surface area contributed by atoms with Crippen molar-refractivity contribution in [3.05, 3.63) is 33.3 Å². The second-order valence-corrected chi connectivity index (χ2v) is 5.45. The van der Waals surface area contributed by atoms with Gasteiger partial charge in [0.25, 0.3) is 0 Å². The molecule has 1 spiro atoms. The number of rotatable bonds is 0. The van der Waals surface area contributed by atoms with E-state index in [1.807, 2.05) is 12.1 Å². The number of nitrogens with one attached hydrogen (secondary N) is 2. The summed E-state index contributed by atoms with van der Waals surface area (Å²) in [6, 6.07) is 3.89. The molecule has 0 saturated carbocycles. The third kappa shape index (κ3) is 1.56. The van der Waals surface area contributed by atoms with Crippen LogP contribution in [-0.4, -0.2) is 13.1 Å². The van der Waals surface area contributed by atoms with Crippen LogP contribution < -0.4 is 10.6 Å². The summed E-state index contributed by atoms with van der Waals surface area (Å²) in [6.45, 7) is 2.98. The van der Waals surface area contributed by atoms with Crippen LogP contribution in [0.1, 0.15) is 24.0 Å². The Labute approximate surface area is 105 Å². The van der Waals surface area contributed by atoms with E-state index >= 15 is 0 Å². The molecule has 1 saturated heterocycles. The van der Waals surface area contributed by atoms with Crippen LogP contribution in [0, 0.1) is 0 Å². The summed E-state index contributed by atoms with van der Waals surface area (Å²) in [4.78, 5) is 0. The quantitative estimate of drug-likeness (QED) is 0.746. The molecule has 0 aromatic heterocycles. The number of hydrogen-bond acceptors (Lipinski definition) is 2. The van der Waals surface area contributed by atoms with Gasteiger partial charge in [0, 0.05) is 22.1 Å². The Kier molecular flexibility index (Phi) is 2.63. The molecule has 0 atom stereocenters. The smallest absolute Gasteiger partial charge is 0.0479 e. The summed E-state index contributed by atoms with van der Waals surface area (Å²) in [5, 5.41) is 8.56. The van der Waals surface area contributed by atoms with Crippen molar-refractivity contribution in [3.63, 3.8) is 0 Å². The Hall–Kier alpha value is -0.280. The van der Waals surface area contributed by atoms with Gasteiger partial charge in [-0.3, -0.25) is 0 Å². The average Bonchev–Trinajstić information content (AvgIpc) is 2.58. The predicted octanol–water partition coefficient (Wildman–Crippen LogP) is 2.68. The standard InChI is InChI=1S/C12H14Cl2N2/c13-9-5-8-7-16-12(1-3-15-4-2-12)11(8)10(14)6-9/h5-6,15-16H,1-4,7H2. The zero-order valence-corrected chi connectivity index (χ0v) is 10.5. The Morgan fingerprint density at radius 1 is 1.12 bits per heavy atom. The monoisotopic (exact) mass is 256 g/mol. The fraction of sp³-hybridized carbons (Fsp3) is 0.500. The highest BCUT2D eigenvalue weighted by atomic mass is 35.5. The van der Waals surface area contributed by atoms with Crippen LogP contribution in [-0.2, 0) is 12.1 Å². The van der Waals surface area contributed by atoms with Gasteiger partial charge in [0.2, 0.25) is 0 Å². The van der Waals surface area contributed by atoms with E-state index in [4.69, 9.17) is 23.2 Å². The van der Waals surface area contributed by atoms with Crippen LogP contribution in [0.4, 0.5) is 0 Å². The molecule has 0 amide bonds. The van der Waals surface area contributed by atoms with E-state index in [1.54, 1.807) is 0 Å². The zero-order valence-electron chi connectivity index (χ0n) is 8.95. The van der Waals surface area contributed by atoms with Crippen LogP contribution in [0.25, 0.3) is 0 Å². The highest BCUT2D eigenvalue weighted by molar-refractivity contribution is 6.35. The lowest BCUT2D eigenvalue weighted by Gasteiger charge is -2.35. The molecular weight excluding hydrogens is 243 g/mol. The molecule has 1 aromatic rings. The molecule has 2 aliphatic heterocycles. The molecular formula is C12H14Cl2N2. The van der Waals surface area contributed by atoms with E-state index in [0.29, 0.717) is 0 Å². The summed E-state index contributed by atoms with van der Waals surface area (Å²) < 4.78 is 0. The first-order chi connectivity index (χ1) is 7.71. The molecule has 1 aromatic carbocycles. The molecule has 3 rings (SSSR count). The van der Waals surface area contributed by atoms with Gasteiger partial charge < -0.3 is 10.6 Å². The molecule has 0 unspecified atom stereocenters. The maximum Gasteiger partial charge on any atom is 0.0479 e. The van der Waals surface area contributed by atoms with Crippen LogP contribution in [0.3, 0.4) is 0 Å². The average molecular weight is 257 g/mol. The van der Waals surface area contributed by atoms with Gasteiger partial charge in [-0.05, 0) is 49.2 Å². The van der Waals surface area contributed by atoms with E-state index in [1.165, 1.54) is 11.1 Å². The van der Waals surface area contributed by atoms with Gasteiger partial charge in [-0.25, -0.2) is 0 Å². The minimum Gasteiger partial charge on any atom is -0.317 e. The van der Waals surface area contributed by atoms with Crippen molar-refractivity contribution in [2.75, 3.05) is 13.1 Å². The van der Waals surface area contributed by atoms with Crippen LogP contribution in [0.5, 0.6) is 0 Å². The Morgan fingerprint density at radius 2 is 1.88 bits per heavy atom. The van der Waals surface area contributed by atoms with Crippen LogP contribution in [0.2, 0.25) is 10.0 Å². The SMILES string of the molecule is Clc1cc(Cl)c2c(c1)CNC21CCNCC1. The lowest BCUT2D eigenvalue weighted by atomic mass is 9.82. The molecule has 0 aliphatic carbocycles. The summed E-state index contributed by atoms with van der Waals surface area (Å²) >= 11 is 12.4. The highest BCUT2D eigenvalue weighted by Gasteiger charge is 2.40. The predicted molar refractivity (Wildman–Crippen MR) is 67.1 cm³/mol. The first kappa shape index (κ1) is 10.8. The van der Waals surface area contributed by atoms with Crippen molar-refractivity contribution in [2.24, 2.45) is 0 Å². The van der Waals surface area contributed by atoms with Crippen LogP contribution in [0.15, 0.2) is 12.1 Å². The van der Waals surface area contributed by atoms with Gasteiger partial charge in [-0.1, -0.05) is 23.2 Å². The summed E-state index contributed by atoms with van der Waals surface area (Å²) in [6.07, 6.45) is 2.20. The van der Waals surface area contributed by atoms with Gasteiger partial charge in [-0.2, -0.15) is 0 Å². The first-order valence-electron chi connectivity index (χ1n) is 5.65. The Balaban J connectivity index is 2.10. The molecule has 1 fully saturated rings. The minimum atomic E-state index is 0.0856. The highest BCUT2D eigenvalue weighted by Crippen LogP contribution is 2.43. The first-order valence-corrected chi connectivity index (χ1v) is 6.41. The fourth-order valence-corrected chi connectivity index (χ4v) is 3.65. The summed E-state index contributed by atoms with van der Waals surface area (Å²) in [5.74, 6) is 0. The Morgan fingerprint density at radius 3 is 2.62 bits per heavy atom. The van der Waals surface area contributed by atoms with Crippen molar-refractivity contribution >= 4 is 23.2 Å². The lowest BCUT2D eigenvalue weighted by molar-refractivity contribution is 0.265. The maximum absolute atomic E-state index is 6.35. The second kappa shape index (κ2) is 3.88. The van der Waals surface area contributed by atoms with Crippen molar-refractivity contribution in [2.45, 2.75) is 24.9 Å². The van der Waals surface area contributed by atoms with E-state index in [0.717, 1.165) is 42.5 Å². The van der Waals surface area contributed by atoms with Gasteiger partial charge in [0.15, 0.2) is 0 Å². The molecule has 2 N–H and O–H groups in total. The van der Waals surface area contributed by atoms with Gasteiger partial charge in [0.1, 0.15) is 0 Å². The lowest BCUT2D eigenvalue weighted by Crippen LogP contribution is -2.46. The molecule has 2 heterocycles. The van der Waals surface area contributed by atoms with Gasteiger partial charge in [0.05, 0.1) is 0 Å². The second-order valence-electron chi connectivity index (χ2n) is 4.61. The number of benzene rings is 1. The van der Waals surface area contributed by atoms with Gasteiger partial charge in [-0.15, -0.1) is 0 Å². The van der Waals surface area contributed by atoms with E-state index in [2.05, 4.69) is 10.6 Å². The van der Waals surface area contributed by atoms with Gasteiger partial charge >= 0.3 is 0 Å². The van der Waals surface area contributed by atoms with E-state index in [9.17, 15) is 0 Å². The molecule has 2 nitrogen and oxygen atoms in total. The molecule has 4 heteroatoms. The van der Waals surface area contributed by atoms with Crippen molar-refractivity contribution < 1.29 is 0 Å². The third-order valence-corrected chi connectivity index (χ3v) is 4.21. The summed E-state index contributed by atoms with van der Waals surface area (Å²) in [7, 11) is 0. The van der Waals surface area contributed by atoms with Crippen LogP contribution >= 0.6 is 23.2 Å². The normalized spacial score (nSPS) is 22.4. The molecule has 16 heavy (non-hydrogen) atoms. The topological polar surface area (TPSA) is 24.1 Å². The minimum absolute atomic E-state index is 0.0856. The number of piperidine rings is 1.